The molecule has 0 heterocycles. The first-order valence-corrected chi connectivity index (χ1v) is 6.82. The molecule has 0 aliphatic carbocycles. The molecule has 0 aliphatic rings. The number of halogens is 4. The number of rotatable bonds is 3. The third-order valence-corrected chi connectivity index (χ3v) is 3.42. The minimum atomic E-state index is -4.32. The monoisotopic (exact) mass is 343 g/mol. The summed E-state index contributed by atoms with van der Waals surface area (Å²) in [6.07, 6.45) is -4.32. The zero-order valence-corrected chi connectivity index (χ0v) is 12.3. The Morgan fingerprint density at radius 1 is 1.10 bits per heavy atom. The van der Waals surface area contributed by atoms with Gasteiger partial charge >= 0.3 is 6.18 Å². The Labute approximate surface area is 123 Å². The lowest BCUT2D eigenvalue weighted by Crippen LogP contribution is -2.09. The SMILES string of the molecule is Cc1ccc(NCc2cccc(Br)c2)cc1C(F)(F)F. The Bertz CT molecular complexity index is 608. The van der Waals surface area contributed by atoms with Crippen LogP contribution in [0, 0.1) is 6.92 Å². The maximum Gasteiger partial charge on any atom is 0.416 e. The third-order valence-electron chi connectivity index (χ3n) is 2.93. The molecule has 1 nitrogen and oxygen atoms in total. The molecule has 0 amide bonds. The fourth-order valence-corrected chi connectivity index (χ4v) is 2.34. The van der Waals surface area contributed by atoms with Gasteiger partial charge in [0.05, 0.1) is 5.56 Å². The number of nitrogens with one attached hydrogen (secondary N) is 1. The van der Waals surface area contributed by atoms with Gasteiger partial charge in [-0.15, -0.1) is 0 Å². The van der Waals surface area contributed by atoms with Crippen molar-refractivity contribution >= 4 is 21.6 Å². The zero-order chi connectivity index (χ0) is 14.8. The van der Waals surface area contributed by atoms with Gasteiger partial charge in [0.1, 0.15) is 0 Å². The number of hydrogen-bond acceptors (Lipinski definition) is 1. The molecule has 0 unspecified atom stereocenters. The van der Waals surface area contributed by atoms with Crippen molar-refractivity contribution in [2.24, 2.45) is 0 Å². The van der Waals surface area contributed by atoms with E-state index in [0.717, 1.165) is 16.1 Å². The summed E-state index contributed by atoms with van der Waals surface area (Å²) in [5.41, 5.74) is 1.08. The van der Waals surface area contributed by atoms with Crippen LogP contribution in [-0.4, -0.2) is 0 Å². The zero-order valence-electron chi connectivity index (χ0n) is 10.8. The predicted octanol–water partition coefficient (Wildman–Crippen LogP) is 5.39. The van der Waals surface area contributed by atoms with E-state index in [4.69, 9.17) is 0 Å². The van der Waals surface area contributed by atoms with Crippen molar-refractivity contribution in [3.05, 3.63) is 63.6 Å². The van der Waals surface area contributed by atoms with Crippen LogP contribution < -0.4 is 5.32 Å². The molecule has 0 bridgehead atoms. The summed E-state index contributed by atoms with van der Waals surface area (Å²) in [5, 5.41) is 3.01. The maximum absolute atomic E-state index is 12.8. The smallest absolute Gasteiger partial charge is 0.381 e. The molecule has 2 aromatic carbocycles. The molecular formula is C15H13BrF3N. The van der Waals surface area contributed by atoms with E-state index in [1.54, 1.807) is 6.07 Å². The van der Waals surface area contributed by atoms with Gasteiger partial charge in [0.15, 0.2) is 0 Å². The molecule has 106 valence electrons. The number of hydrogen-bond donors (Lipinski definition) is 1. The highest BCUT2D eigenvalue weighted by Crippen LogP contribution is 2.33. The van der Waals surface area contributed by atoms with Gasteiger partial charge in [-0.2, -0.15) is 13.2 Å². The number of benzene rings is 2. The number of aryl methyl sites for hydroxylation is 1. The average Bonchev–Trinajstić information content (AvgIpc) is 2.36. The van der Waals surface area contributed by atoms with Crippen molar-refractivity contribution in [1.82, 2.24) is 0 Å². The average molecular weight is 344 g/mol. The molecule has 1 N–H and O–H groups in total. The first-order valence-electron chi connectivity index (χ1n) is 6.02. The van der Waals surface area contributed by atoms with Gasteiger partial charge in [0.2, 0.25) is 0 Å². The molecule has 0 aromatic heterocycles. The summed E-state index contributed by atoms with van der Waals surface area (Å²) < 4.78 is 39.4. The van der Waals surface area contributed by atoms with E-state index in [1.807, 2.05) is 24.3 Å². The topological polar surface area (TPSA) is 12.0 Å². The summed E-state index contributed by atoms with van der Waals surface area (Å²) in [7, 11) is 0. The molecule has 0 saturated heterocycles. The number of anilines is 1. The normalized spacial score (nSPS) is 11.4. The van der Waals surface area contributed by atoms with Crippen molar-refractivity contribution in [2.45, 2.75) is 19.6 Å². The van der Waals surface area contributed by atoms with Crippen LogP contribution in [0.15, 0.2) is 46.9 Å². The van der Waals surface area contributed by atoms with Crippen LogP contribution in [0.4, 0.5) is 18.9 Å². The Balaban J connectivity index is 2.14. The van der Waals surface area contributed by atoms with Crippen molar-refractivity contribution in [3.63, 3.8) is 0 Å². The minimum absolute atomic E-state index is 0.227. The summed E-state index contributed by atoms with van der Waals surface area (Å²) in [6.45, 7) is 1.93. The van der Waals surface area contributed by atoms with Crippen molar-refractivity contribution in [1.29, 1.82) is 0 Å². The highest BCUT2D eigenvalue weighted by Gasteiger charge is 2.32. The van der Waals surface area contributed by atoms with Crippen LogP contribution in [0.3, 0.4) is 0 Å². The molecule has 0 spiro atoms. The number of alkyl halides is 3. The van der Waals surface area contributed by atoms with E-state index in [1.165, 1.54) is 13.0 Å². The summed E-state index contributed by atoms with van der Waals surface area (Å²) in [4.78, 5) is 0. The molecule has 0 aliphatic heterocycles. The quantitative estimate of drug-likeness (QED) is 0.787. The van der Waals surface area contributed by atoms with Crippen molar-refractivity contribution in [2.75, 3.05) is 5.32 Å². The van der Waals surface area contributed by atoms with Crippen LogP contribution in [0.1, 0.15) is 16.7 Å². The van der Waals surface area contributed by atoms with Gasteiger partial charge in [0, 0.05) is 16.7 Å². The first kappa shape index (κ1) is 14.9. The molecule has 2 aromatic rings. The Morgan fingerprint density at radius 2 is 1.85 bits per heavy atom. The molecule has 0 saturated carbocycles. The Hall–Kier alpha value is -1.49. The van der Waals surface area contributed by atoms with E-state index >= 15 is 0 Å². The van der Waals surface area contributed by atoms with Gasteiger partial charge in [-0.3, -0.25) is 0 Å². The van der Waals surface area contributed by atoms with Gasteiger partial charge < -0.3 is 5.32 Å². The van der Waals surface area contributed by atoms with Crippen molar-refractivity contribution < 1.29 is 13.2 Å². The molecule has 20 heavy (non-hydrogen) atoms. The lowest BCUT2D eigenvalue weighted by Gasteiger charge is -2.13. The molecule has 5 heteroatoms. The fourth-order valence-electron chi connectivity index (χ4n) is 1.89. The standard InChI is InChI=1S/C15H13BrF3N/c1-10-5-6-13(8-14(10)15(17,18)19)20-9-11-3-2-4-12(16)7-11/h2-8,20H,9H2,1H3. The van der Waals surface area contributed by atoms with Crippen molar-refractivity contribution in [3.8, 4) is 0 Å². The summed E-state index contributed by atoms with van der Waals surface area (Å²) in [6, 6.07) is 11.9. The highest BCUT2D eigenvalue weighted by atomic mass is 79.9. The first-order chi connectivity index (χ1) is 9.36. The van der Waals surface area contributed by atoms with Crippen LogP contribution in [0.25, 0.3) is 0 Å². The van der Waals surface area contributed by atoms with Crippen LogP contribution >= 0.6 is 15.9 Å². The molecule has 0 radical (unpaired) electrons. The second kappa shape index (κ2) is 5.87. The van der Waals surface area contributed by atoms with E-state index in [9.17, 15) is 13.2 Å². The lowest BCUT2D eigenvalue weighted by molar-refractivity contribution is -0.138. The third kappa shape index (κ3) is 3.76. The minimum Gasteiger partial charge on any atom is -0.381 e. The van der Waals surface area contributed by atoms with Crippen LogP contribution in [0.2, 0.25) is 0 Å². The fraction of sp³-hybridized carbons (Fsp3) is 0.200. The summed E-state index contributed by atoms with van der Waals surface area (Å²) in [5.74, 6) is 0. The van der Waals surface area contributed by atoms with Crippen LogP contribution in [0.5, 0.6) is 0 Å². The molecule has 0 atom stereocenters. The largest absolute Gasteiger partial charge is 0.416 e. The Morgan fingerprint density at radius 3 is 2.50 bits per heavy atom. The second-order valence-corrected chi connectivity index (χ2v) is 5.43. The van der Waals surface area contributed by atoms with Crippen LogP contribution in [-0.2, 0) is 12.7 Å². The molecular weight excluding hydrogens is 331 g/mol. The lowest BCUT2D eigenvalue weighted by atomic mass is 10.1. The predicted molar refractivity (Wildman–Crippen MR) is 77.6 cm³/mol. The Kier molecular flexibility index (Phi) is 4.38. The highest BCUT2D eigenvalue weighted by molar-refractivity contribution is 9.10. The molecule has 2 rings (SSSR count). The van der Waals surface area contributed by atoms with Gasteiger partial charge in [-0.05, 0) is 42.3 Å². The van der Waals surface area contributed by atoms with E-state index < -0.39 is 11.7 Å². The maximum atomic E-state index is 12.8. The van der Waals surface area contributed by atoms with Gasteiger partial charge in [0.25, 0.3) is 0 Å². The van der Waals surface area contributed by atoms with E-state index in [2.05, 4.69) is 21.2 Å². The van der Waals surface area contributed by atoms with Gasteiger partial charge in [-0.25, -0.2) is 0 Å². The molecule has 0 fully saturated rings. The summed E-state index contributed by atoms with van der Waals surface area (Å²) >= 11 is 3.36. The second-order valence-electron chi connectivity index (χ2n) is 4.51. The van der Waals surface area contributed by atoms with Gasteiger partial charge in [-0.1, -0.05) is 34.1 Å². The van der Waals surface area contributed by atoms with E-state index in [0.29, 0.717) is 12.2 Å². The van der Waals surface area contributed by atoms with E-state index in [-0.39, 0.29) is 5.56 Å².